The lowest BCUT2D eigenvalue weighted by molar-refractivity contribution is 0.128. The van der Waals surface area contributed by atoms with Gasteiger partial charge in [0.05, 0.1) is 0 Å². The Morgan fingerprint density at radius 2 is 2.23 bits per heavy atom. The van der Waals surface area contributed by atoms with E-state index < -0.39 is 0 Å². The highest BCUT2D eigenvalue weighted by molar-refractivity contribution is 14.0. The lowest BCUT2D eigenvalue weighted by Gasteiger charge is -2.38. The van der Waals surface area contributed by atoms with E-state index in [2.05, 4.69) is 47.0 Å². The second kappa shape index (κ2) is 13.7. The van der Waals surface area contributed by atoms with Gasteiger partial charge in [0.25, 0.3) is 0 Å². The number of rotatable bonds is 9. The molecule has 0 amide bonds. The maximum Gasteiger partial charge on any atom is 0.191 e. The number of hydrogen-bond donors (Lipinski definition) is 2. The molecule has 1 aliphatic heterocycles. The first-order chi connectivity index (χ1) is 12.3. The van der Waals surface area contributed by atoms with Crippen molar-refractivity contribution in [3.05, 3.63) is 22.4 Å². The van der Waals surface area contributed by atoms with Crippen molar-refractivity contribution in [2.45, 2.75) is 39.2 Å². The Hall–Kier alpha value is -0.380. The fraction of sp³-hybridized carbons (Fsp3) is 0.737. The van der Waals surface area contributed by atoms with Crippen molar-refractivity contribution in [1.29, 1.82) is 0 Å². The molecule has 2 rings (SSSR count). The summed E-state index contributed by atoms with van der Waals surface area (Å²) < 4.78 is 5.39. The highest BCUT2D eigenvalue weighted by Gasteiger charge is 2.31. The molecular formula is C19H35IN4OS. The molecule has 0 saturated carbocycles. The summed E-state index contributed by atoms with van der Waals surface area (Å²) in [5, 5.41) is 8.97. The molecule has 1 aromatic rings. The molecule has 2 unspecified atom stereocenters. The van der Waals surface area contributed by atoms with Gasteiger partial charge in [0.1, 0.15) is 0 Å². The number of likely N-dealkylation sites (tertiary alicyclic amines) is 1. The summed E-state index contributed by atoms with van der Waals surface area (Å²) in [6, 6.07) is 4.93. The molecule has 2 heterocycles. The standard InChI is InChI=1S/C19H34N4OS.HI/c1-4-20-19(21-11-8-13-24-5-2)22-15-16-9-6-12-23(3)18(16)17-10-7-14-25-17;/h7,10,14,16,18H,4-6,8-9,11-13,15H2,1-3H3,(H2,20,21,22);1H. The largest absolute Gasteiger partial charge is 0.382 e. The molecule has 2 atom stereocenters. The van der Waals surface area contributed by atoms with Gasteiger partial charge in [-0.2, -0.15) is 0 Å². The zero-order valence-electron chi connectivity index (χ0n) is 16.4. The highest BCUT2D eigenvalue weighted by Crippen LogP contribution is 2.37. The molecule has 2 N–H and O–H groups in total. The van der Waals surface area contributed by atoms with Gasteiger partial charge in [0.2, 0.25) is 0 Å². The Morgan fingerprint density at radius 3 is 2.92 bits per heavy atom. The summed E-state index contributed by atoms with van der Waals surface area (Å²) in [7, 11) is 2.25. The summed E-state index contributed by atoms with van der Waals surface area (Å²) in [4.78, 5) is 8.85. The minimum Gasteiger partial charge on any atom is -0.382 e. The predicted octanol–water partition coefficient (Wildman–Crippen LogP) is 3.73. The molecule has 1 saturated heterocycles. The molecule has 1 aromatic heterocycles. The van der Waals surface area contributed by atoms with Crippen LogP contribution in [-0.2, 0) is 4.74 Å². The van der Waals surface area contributed by atoms with Gasteiger partial charge in [-0.3, -0.25) is 9.89 Å². The van der Waals surface area contributed by atoms with E-state index >= 15 is 0 Å². The Labute approximate surface area is 180 Å². The third kappa shape index (κ3) is 7.70. The molecule has 0 spiro atoms. The normalized spacial score (nSPS) is 21.3. The van der Waals surface area contributed by atoms with E-state index in [1.54, 1.807) is 0 Å². The number of guanidine groups is 1. The Kier molecular flexibility index (Phi) is 12.5. The first-order valence-corrected chi connectivity index (χ1v) is 10.5. The molecule has 1 fully saturated rings. The minimum absolute atomic E-state index is 0. The fourth-order valence-corrected chi connectivity index (χ4v) is 4.42. The minimum atomic E-state index is 0. The second-order valence-electron chi connectivity index (χ2n) is 6.54. The van der Waals surface area contributed by atoms with Crippen LogP contribution in [-0.4, -0.2) is 57.3 Å². The number of halogens is 1. The molecule has 0 aromatic carbocycles. The van der Waals surface area contributed by atoms with Crippen LogP contribution in [0.3, 0.4) is 0 Å². The van der Waals surface area contributed by atoms with Gasteiger partial charge in [-0.25, -0.2) is 0 Å². The zero-order chi connectivity index (χ0) is 17.9. The fourth-order valence-electron chi connectivity index (χ4n) is 3.44. The van der Waals surface area contributed by atoms with Crippen LogP contribution in [0, 0.1) is 5.92 Å². The lowest BCUT2D eigenvalue weighted by atomic mass is 9.88. The first kappa shape index (κ1) is 23.7. The van der Waals surface area contributed by atoms with Crippen molar-refractivity contribution in [3.63, 3.8) is 0 Å². The third-order valence-corrected chi connectivity index (χ3v) is 5.57. The summed E-state index contributed by atoms with van der Waals surface area (Å²) in [5.74, 6) is 1.51. The molecule has 1 aliphatic rings. The smallest absolute Gasteiger partial charge is 0.191 e. The summed E-state index contributed by atoms with van der Waals surface area (Å²) in [6.45, 7) is 9.56. The monoisotopic (exact) mass is 494 g/mol. The van der Waals surface area contributed by atoms with Gasteiger partial charge in [0.15, 0.2) is 5.96 Å². The van der Waals surface area contributed by atoms with Crippen LogP contribution in [0.5, 0.6) is 0 Å². The topological polar surface area (TPSA) is 48.9 Å². The number of aliphatic imine (C=N–C) groups is 1. The average molecular weight is 494 g/mol. The highest BCUT2D eigenvalue weighted by atomic mass is 127. The molecule has 26 heavy (non-hydrogen) atoms. The molecule has 7 heteroatoms. The van der Waals surface area contributed by atoms with Crippen molar-refractivity contribution in [3.8, 4) is 0 Å². The second-order valence-corrected chi connectivity index (χ2v) is 7.52. The summed E-state index contributed by atoms with van der Waals surface area (Å²) >= 11 is 1.87. The molecular weight excluding hydrogens is 459 g/mol. The Balaban J connectivity index is 0.00000338. The maximum absolute atomic E-state index is 5.39. The van der Waals surface area contributed by atoms with Crippen molar-refractivity contribution < 1.29 is 4.74 Å². The van der Waals surface area contributed by atoms with E-state index in [1.165, 1.54) is 24.3 Å². The van der Waals surface area contributed by atoms with Crippen LogP contribution >= 0.6 is 35.3 Å². The number of nitrogens with zero attached hydrogens (tertiary/aromatic N) is 2. The van der Waals surface area contributed by atoms with Gasteiger partial charge in [-0.15, -0.1) is 35.3 Å². The molecule has 0 radical (unpaired) electrons. The zero-order valence-corrected chi connectivity index (χ0v) is 19.5. The lowest BCUT2D eigenvalue weighted by Crippen LogP contribution is -2.40. The number of hydrogen-bond acceptors (Lipinski definition) is 4. The van der Waals surface area contributed by atoms with Gasteiger partial charge >= 0.3 is 0 Å². The van der Waals surface area contributed by atoms with E-state index in [1.807, 2.05) is 18.3 Å². The van der Waals surface area contributed by atoms with E-state index in [9.17, 15) is 0 Å². The number of thiophene rings is 1. The van der Waals surface area contributed by atoms with E-state index in [4.69, 9.17) is 9.73 Å². The van der Waals surface area contributed by atoms with Crippen molar-refractivity contribution in [2.24, 2.45) is 10.9 Å². The number of ether oxygens (including phenoxy) is 1. The SMILES string of the molecule is CCNC(=NCC1CCCN(C)C1c1cccs1)NCCCOCC.I. The quantitative estimate of drug-likeness (QED) is 0.238. The Morgan fingerprint density at radius 1 is 1.38 bits per heavy atom. The molecule has 150 valence electrons. The van der Waals surface area contributed by atoms with E-state index in [0.717, 1.165) is 45.2 Å². The van der Waals surface area contributed by atoms with E-state index in [-0.39, 0.29) is 24.0 Å². The van der Waals surface area contributed by atoms with Crippen LogP contribution in [0.2, 0.25) is 0 Å². The Bertz CT molecular complexity index is 498. The number of nitrogens with one attached hydrogen (secondary N) is 2. The van der Waals surface area contributed by atoms with Gasteiger partial charge in [-0.1, -0.05) is 6.07 Å². The van der Waals surface area contributed by atoms with Crippen LogP contribution < -0.4 is 10.6 Å². The van der Waals surface area contributed by atoms with Gasteiger partial charge in [0, 0.05) is 43.8 Å². The van der Waals surface area contributed by atoms with Crippen molar-refractivity contribution >= 4 is 41.3 Å². The predicted molar refractivity (Wildman–Crippen MR) is 123 cm³/mol. The summed E-state index contributed by atoms with van der Waals surface area (Å²) in [5.41, 5.74) is 0. The maximum atomic E-state index is 5.39. The van der Waals surface area contributed by atoms with Crippen LogP contribution in [0.15, 0.2) is 22.5 Å². The first-order valence-electron chi connectivity index (χ1n) is 9.59. The van der Waals surface area contributed by atoms with Gasteiger partial charge in [-0.05, 0) is 64.1 Å². The van der Waals surface area contributed by atoms with Crippen LogP contribution in [0.1, 0.15) is 44.0 Å². The summed E-state index contributed by atoms with van der Waals surface area (Å²) in [6.07, 6.45) is 3.51. The third-order valence-electron chi connectivity index (χ3n) is 4.63. The number of piperidine rings is 1. The van der Waals surface area contributed by atoms with Crippen molar-refractivity contribution in [1.82, 2.24) is 15.5 Å². The molecule has 5 nitrogen and oxygen atoms in total. The molecule has 0 aliphatic carbocycles. The van der Waals surface area contributed by atoms with Gasteiger partial charge < -0.3 is 15.4 Å². The van der Waals surface area contributed by atoms with Crippen LogP contribution in [0.4, 0.5) is 0 Å². The van der Waals surface area contributed by atoms with Crippen LogP contribution in [0.25, 0.3) is 0 Å². The van der Waals surface area contributed by atoms with Crippen molar-refractivity contribution in [2.75, 3.05) is 46.4 Å². The average Bonchev–Trinajstić information content (AvgIpc) is 3.13. The van der Waals surface area contributed by atoms with E-state index in [0.29, 0.717) is 12.0 Å². The molecule has 0 bridgehead atoms.